The van der Waals surface area contributed by atoms with Crippen LogP contribution in [0.5, 0.6) is 0 Å². The minimum atomic E-state index is -1.41. The molecule has 2 aromatic carbocycles. The van der Waals surface area contributed by atoms with Gasteiger partial charge < -0.3 is 14.6 Å². The smallest absolute Gasteiger partial charge is 0.150 e. The van der Waals surface area contributed by atoms with Crippen molar-refractivity contribution in [1.29, 1.82) is 0 Å². The van der Waals surface area contributed by atoms with E-state index in [0.717, 1.165) is 54.1 Å². The highest BCUT2D eigenvalue weighted by Crippen LogP contribution is 2.23. The van der Waals surface area contributed by atoms with E-state index in [9.17, 15) is 13.8 Å². The summed E-state index contributed by atoms with van der Waals surface area (Å²) in [5.74, 6) is 1.03. The van der Waals surface area contributed by atoms with Crippen LogP contribution in [0.1, 0.15) is 89.7 Å². The van der Waals surface area contributed by atoms with Gasteiger partial charge in [-0.1, -0.05) is 113 Å². The van der Waals surface area contributed by atoms with Crippen LogP contribution in [-0.4, -0.2) is 35.0 Å². The van der Waals surface area contributed by atoms with E-state index in [-0.39, 0.29) is 5.92 Å². The molecule has 2 aromatic rings. The van der Waals surface area contributed by atoms with Crippen molar-refractivity contribution in [2.45, 2.75) is 80.9 Å². The van der Waals surface area contributed by atoms with Crippen molar-refractivity contribution >= 4 is 29.1 Å². The minimum Gasteiger partial charge on any atom is -0.494 e. The number of ether oxygens (including phenoxy) is 1. The molecule has 2 unspecified atom stereocenters. The van der Waals surface area contributed by atoms with Crippen molar-refractivity contribution in [1.82, 2.24) is 4.72 Å². The van der Waals surface area contributed by atoms with Crippen LogP contribution in [0.25, 0.3) is 5.57 Å². The first-order chi connectivity index (χ1) is 21.6. The standard InChI is InChI=1S/C24H31NO3S.C7H6O.C4H8.C2H6.CH4O/c1-5-7-19(4)28-17-20-10-12-22(13-11-20)21-8-6-9-23(15-14-21)29(27)25-24(16-26)18(2)3;8-6-7-4-2-1-3-5-7;1-4(2)3;2*1-2/h7-16,18,24-25H,5-6,17H2,1-4H3;1-6H;1H2,2-3H3;1-2H3;2H,1H3/b19-7+;;;;. The molecule has 6 nitrogen and oxygen atoms in total. The summed E-state index contributed by atoms with van der Waals surface area (Å²) in [4.78, 5) is 21.9. The minimum absolute atomic E-state index is 0.0873. The van der Waals surface area contributed by atoms with Gasteiger partial charge in [0.05, 0.1) is 16.7 Å². The van der Waals surface area contributed by atoms with Crippen LogP contribution in [0, 0.1) is 5.92 Å². The third kappa shape index (κ3) is 20.8. The van der Waals surface area contributed by atoms with E-state index in [1.807, 2.05) is 84.9 Å². The first-order valence-corrected chi connectivity index (χ1v) is 16.4. The molecule has 0 amide bonds. The first-order valence-electron chi connectivity index (χ1n) is 15.3. The van der Waals surface area contributed by atoms with Crippen molar-refractivity contribution < 1.29 is 23.6 Å². The fourth-order valence-corrected chi connectivity index (χ4v) is 4.49. The highest BCUT2D eigenvalue weighted by Gasteiger charge is 2.16. The summed E-state index contributed by atoms with van der Waals surface area (Å²) in [5.41, 5.74) is 5.20. The highest BCUT2D eigenvalue weighted by molar-refractivity contribution is 7.87. The van der Waals surface area contributed by atoms with Gasteiger partial charge in [0, 0.05) is 12.7 Å². The number of rotatable bonds is 11. The van der Waals surface area contributed by atoms with Crippen molar-refractivity contribution in [3.8, 4) is 0 Å². The van der Waals surface area contributed by atoms with Crippen molar-refractivity contribution in [3.05, 3.63) is 124 Å². The van der Waals surface area contributed by atoms with E-state index in [4.69, 9.17) is 9.84 Å². The number of hydrogen-bond donors (Lipinski definition) is 2. The fraction of sp³-hybridized carbons (Fsp3) is 0.368. The van der Waals surface area contributed by atoms with E-state index in [0.29, 0.717) is 17.9 Å². The van der Waals surface area contributed by atoms with E-state index in [1.54, 1.807) is 12.1 Å². The zero-order chi connectivity index (χ0) is 34.6. The maximum Gasteiger partial charge on any atom is 0.150 e. The molecule has 3 rings (SSSR count). The summed E-state index contributed by atoms with van der Waals surface area (Å²) in [6, 6.07) is 17.0. The van der Waals surface area contributed by atoms with Crippen LogP contribution >= 0.6 is 0 Å². The number of nitrogens with one attached hydrogen (secondary N) is 1. The van der Waals surface area contributed by atoms with Crippen molar-refractivity contribution in [2.24, 2.45) is 5.92 Å². The molecule has 2 N–H and O–H groups in total. The monoisotopic (exact) mass is 637 g/mol. The molecule has 0 aromatic heterocycles. The second-order valence-corrected chi connectivity index (χ2v) is 11.3. The predicted octanol–water partition coefficient (Wildman–Crippen LogP) is 8.94. The zero-order valence-corrected chi connectivity index (χ0v) is 29.5. The summed E-state index contributed by atoms with van der Waals surface area (Å²) in [7, 11) is -0.414. The molecule has 0 heterocycles. The maximum absolute atomic E-state index is 12.6. The molecule has 0 aliphatic heterocycles. The topological polar surface area (TPSA) is 92.7 Å². The number of aliphatic hydroxyl groups excluding tert-OH is 1. The molecule has 0 spiro atoms. The summed E-state index contributed by atoms with van der Waals surface area (Å²) in [5, 5.41) is 7.00. The molecule has 0 saturated heterocycles. The molecule has 0 fully saturated rings. The quantitative estimate of drug-likeness (QED) is 0.146. The van der Waals surface area contributed by atoms with Gasteiger partial charge in [-0.05, 0) is 68.4 Å². The molecule has 2 atom stereocenters. The lowest BCUT2D eigenvalue weighted by Crippen LogP contribution is -2.36. The molecule has 0 saturated carbocycles. The molecule has 1 aliphatic carbocycles. The normalized spacial score (nSPS) is 13.1. The van der Waals surface area contributed by atoms with Crippen LogP contribution < -0.4 is 4.72 Å². The summed E-state index contributed by atoms with van der Waals surface area (Å²) < 4.78 is 21.2. The number of allylic oxidation sites excluding steroid dienone is 8. The maximum atomic E-state index is 12.6. The third-order valence-electron chi connectivity index (χ3n) is 5.59. The Kier molecular flexibility index (Phi) is 26.9. The average Bonchev–Trinajstić information content (AvgIpc) is 3.32. The van der Waals surface area contributed by atoms with Gasteiger partial charge in [-0.15, -0.1) is 6.58 Å². The molecule has 0 bridgehead atoms. The Balaban J connectivity index is 0. The van der Waals surface area contributed by atoms with Crippen LogP contribution in [0.4, 0.5) is 0 Å². The molecular weight excluding hydrogens is 582 g/mol. The zero-order valence-electron chi connectivity index (χ0n) is 28.7. The Morgan fingerprint density at radius 2 is 1.56 bits per heavy atom. The lowest BCUT2D eigenvalue weighted by atomic mass is 10.0. The second-order valence-electron chi connectivity index (χ2n) is 10.1. The number of hydrogen-bond acceptors (Lipinski definition) is 5. The number of carbonyl (C=O) groups is 2. The lowest BCUT2D eigenvalue weighted by Gasteiger charge is -2.15. The Bertz CT molecular complexity index is 1240. The molecule has 0 radical (unpaired) electrons. The molecule has 248 valence electrons. The van der Waals surface area contributed by atoms with Crippen molar-refractivity contribution in [2.75, 3.05) is 7.11 Å². The van der Waals surface area contributed by atoms with E-state index >= 15 is 0 Å². The van der Waals surface area contributed by atoms with Gasteiger partial charge in [0.2, 0.25) is 0 Å². The lowest BCUT2D eigenvalue weighted by molar-refractivity contribution is -0.109. The van der Waals surface area contributed by atoms with Gasteiger partial charge in [0.1, 0.15) is 30.2 Å². The predicted molar refractivity (Wildman–Crippen MR) is 193 cm³/mol. The van der Waals surface area contributed by atoms with Gasteiger partial charge in [-0.25, -0.2) is 8.93 Å². The molecule has 1 aliphatic rings. The Morgan fingerprint density at radius 3 is 2.02 bits per heavy atom. The fourth-order valence-electron chi connectivity index (χ4n) is 3.34. The van der Waals surface area contributed by atoms with Crippen LogP contribution in [0.15, 0.2) is 108 Å². The Morgan fingerprint density at radius 1 is 0.978 bits per heavy atom. The second kappa shape index (κ2) is 27.9. The molecular formula is C38H55NO5S. The summed E-state index contributed by atoms with van der Waals surface area (Å²) in [6.07, 6.45) is 13.2. The van der Waals surface area contributed by atoms with Gasteiger partial charge in [-0.3, -0.25) is 4.79 Å². The van der Waals surface area contributed by atoms with Gasteiger partial charge >= 0.3 is 0 Å². The number of benzene rings is 2. The number of carbonyl (C=O) groups excluding carboxylic acids is 2. The van der Waals surface area contributed by atoms with Crippen LogP contribution in [0.3, 0.4) is 0 Å². The Hall–Kier alpha value is -3.65. The largest absolute Gasteiger partial charge is 0.494 e. The van der Waals surface area contributed by atoms with Crippen LogP contribution in [0.2, 0.25) is 0 Å². The van der Waals surface area contributed by atoms with E-state index in [2.05, 4.69) is 54.6 Å². The average molecular weight is 638 g/mol. The van der Waals surface area contributed by atoms with Gasteiger partial charge in [0.25, 0.3) is 0 Å². The number of aldehydes is 2. The number of aliphatic hydroxyl groups is 1. The van der Waals surface area contributed by atoms with Crippen LogP contribution in [-0.2, 0) is 27.1 Å². The summed E-state index contributed by atoms with van der Waals surface area (Å²) in [6.45, 7) is 20.0. The first kappa shape index (κ1) is 43.5. The van der Waals surface area contributed by atoms with E-state index in [1.165, 1.54) is 5.57 Å². The highest BCUT2D eigenvalue weighted by atomic mass is 32.2. The van der Waals surface area contributed by atoms with Gasteiger partial charge in [0.15, 0.2) is 0 Å². The third-order valence-corrected chi connectivity index (χ3v) is 6.80. The van der Waals surface area contributed by atoms with Gasteiger partial charge in [-0.2, -0.15) is 0 Å². The molecule has 45 heavy (non-hydrogen) atoms. The Labute approximate surface area is 275 Å². The van der Waals surface area contributed by atoms with E-state index < -0.39 is 17.0 Å². The SMILES string of the molecule is C=C(C)C.CC.CC/C=C(\C)OCc1ccc(C2=CCC=C(S(=O)NC(C=O)C(C)C)C=C2)cc1.CO.O=Cc1ccccc1. The summed E-state index contributed by atoms with van der Waals surface area (Å²) >= 11 is 0. The van der Waals surface area contributed by atoms with Crippen molar-refractivity contribution in [3.63, 3.8) is 0 Å². The molecule has 7 heteroatoms.